The lowest BCUT2D eigenvalue weighted by atomic mass is 10.2. The maximum Gasteiger partial charge on any atom is 0.126 e. The van der Waals surface area contributed by atoms with E-state index in [1.54, 1.807) is 36.4 Å². The summed E-state index contributed by atoms with van der Waals surface area (Å²) >= 11 is 0. The molecule has 306 valence electrons. The van der Waals surface area contributed by atoms with Crippen LogP contribution in [0.25, 0.3) is 0 Å². The van der Waals surface area contributed by atoms with E-state index in [2.05, 4.69) is 0 Å². The molecule has 0 unspecified atom stereocenters. The van der Waals surface area contributed by atoms with Gasteiger partial charge in [-0.05, 0) is 150 Å². The van der Waals surface area contributed by atoms with Crippen LogP contribution in [-0.4, -0.2) is 57.1 Å². The van der Waals surface area contributed by atoms with Crippen LogP contribution in [0, 0.1) is 16.2 Å². The Balaban J connectivity index is 1.13. The minimum absolute atomic E-state index is 0.0500. The van der Waals surface area contributed by atoms with Crippen LogP contribution in [-0.2, 0) is 0 Å². The van der Waals surface area contributed by atoms with Gasteiger partial charge >= 0.3 is 0 Å². The number of ether oxygens (including phenoxy) is 6. The molecule has 9 N–H and O–H groups in total. The maximum atomic E-state index is 7.50. The van der Waals surface area contributed by atoms with Crippen LogP contribution in [0.4, 0.5) is 0 Å². The van der Waals surface area contributed by atoms with Crippen molar-refractivity contribution < 1.29 is 28.4 Å². The van der Waals surface area contributed by atoms with Crippen molar-refractivity contribution in [2.45, 2.75) is 77.0 Å². The largest absolute Gasteiger partial charge is 0.494 e. The highest BCUT2D eigenvalue weighted by atomic mass is 16.5. The Morgan fingerprint density at radius 2 is 0.491 bits per heavy atom. The van der Waals surface area contributed by atoms with Crippen LogP contribution in [0.3, 0.4) is 0 Å². The average molecular weight is 781 g/mol. The molecular formula is C45H60N6O6. The Kier molecular flexibility index (Phi) is 19.4. The summed E-state index contributed by atoms with van der Waals surface area (Å²) in [5.41, 5.74) is 18.6. The van der Waals surface area contributed by atoms with Gasteiger partial charge in [-0.2, -0.15) is 0 Å². The van der Waals surface area contributed by atoms with Crippen LogP contribution >= 0.6 is 0 Å². The highest BCUT2D eigenvalue weighted by Crippen LogP contribution is 2.29. The number of hydrogen-bond donors (Lipinski definition) is 6. The molecule has 0 bridgehead atoms. The quantitative estimate of drug-likeness (QED) is 0.0170. The van der Waals surface area contributed by atoms with E-state index in [0.717, 1.165) is 112 Å². The predicted octanol–water partition coefficient (Wildman–Crippen LogP) is 8.59. The summed E-state index contributed by atoms with van der Waals surface area (Å²) in [6, 6.07) is 27.7. The van der Waals surface area contributed by atoms with E-state index in [0.29, 0.717) is 56.3 Å². The Morgan fingerprint density at radius 1 is 0.298 bits per heavy atom. The van der Waals surface area contributed by atoms with Crippen LogP contribution in [0.15, 0.2) is 91.0 Å². The molecule has 0 aliphatic rings. The molecule has 0 atom stereocenters. The van der Waals surface area contributed by atoms with E-state index in [4.69, 9.17) is 61.9 Å². The van der Waals surface area contributed by atoms with Crippen molar-refractivity contribution in [2.24, 2.45) is 17.2 Å². The lowest BCUT2D eigenvalue weighted by Crippen LogP contribution is -2.10. The van der Waals surface area contributed by atoms with Gasteiger partial charge in [0.1, 0.15) is 52.0 Å². The topological polar surface area (TPSA) is 205 Å². The molecule has 0 spiro atoms. The molecular weight excluding hydrogens is 721 g/mol. The molecule has 4 rings (SSSR count). The lowest BCUT2D eigenvalue weighted by Gasteiger charge is -2.14. The normalized spacial score (nSPS) is 10.7. The summed E-state index contributed by atoms with van der Waals surface area (Å²) in [5.74, 6) is 4.71. The third-order valence-electron chi connectivity index (χ3n) is 9.08. The molecule has 0 radical (unpaired) electrons. The standard InChI is InChI=1S/C45H60N6O6/c46-43(47)34-13-19-37(20-14-34)52-25-7-1-4-10-28-55-40-31-41(56-29-11-5-2-8-26-53-38-21-15-35(16-22-38)44(48)49)33-42(32-40)57-30-12-6-3-9-27-54-39-23-17-36(18-24-39)45(50)51/h13-24,31-33H,1-12,25-30H2,(H3,46,47)(H3,48,49)(H3,50,51). The van der Waals surface area contributed by atoms with Gasteiger partial charge in [0.05, 0.1) is 39.6 Å². The number of nitrogens with two attached hydrogens (primary N) is 3. The van der Waals surface area contributed by atoms with E-state index in [9.17, 15) is 0 Å². The van der Waals surface area contributed by atoms with E-state index < -0.39 is 0 Å². The highest BCUT2D eigenvalue weighted by molar-refractivity contribution is 5.95. The van der Waals surface area contributed by atoms with Crippen molar-refractivity contribution >= 4 is 17.5 Å². The van der Waals surface area contributed by atoms with Gasteiger partial charge in [0.2, 0.25) is 0 Å². The Morgan fingerprint density at radius 3 is 0.684 bits per heavy atom. The van der Waals surface area contributed by atoms with Gasteiger partial charge in [0.25, 0.3) is 0 Å². The molecule has 4 aromatic rings. The molecule has 0 aliphatic carbocycles. The van der Waals surface area contributed by atoms with Gasteiger partial charge in [0.15, 0.2) is 0 Å². The third-order valence-corrected chi connectivity index (χ3v) is 9.08. The van der Waals surface area contributed by atoms with Gasteiger partial charge < -0.3 is 45.6 Å². The van der Waals surface area contributed by atoms with Crippen molar-refractivity contribution in [3.05, 3.63) is 108 Å². The second-order valence-electron chi connectivity index (χ2n) is 13.8. The van der Waals surface area contributed by atoms with E-state index in [1.165, 1.54) is 0 Å². The zero-order chi connectivity index (χ0) is 40.5. The lowest BCUT2D eigenvalue weighted by molar-refractivity contribution is 0.269. The first-order chi connectivity index (χ1) is 27.8. The van der Waals surface area contributed by atoms with E-state index in [1.807, 2.05) is 54.6 Å². The second-order valence-corrected chi connectivity index (χ2v) is 13.8. The molecule has 12 nitrogen and oxygen atoms in total. The number of unbranched alkanes of at least 4 members (excludes halogenated alkanes) is 9. The SMILES string of the molecule is N=C(N)c1ccc(OCCCCCCOc2cc(OCCCCCCOc3ccc(C(=N)N)cc3)cc(OCCCCCCOc3ccc(C(=N)N)cc3)c2)cc1. The molecule has 12 heteroatoms. The number of benzene rings is 4. The minimum atomic E-state index is 0.0500. The van der Waals surface area contributed by atoms with Gasteiger partial charge in [-0.15, -0.1) is 0 Å². The number of nitrogen functional groups attached to an aromatic ring is 3. The summed E-state index contributed by atoms with van der Waals surface area (Å²) in [5, 5.41) is 22.5. The summed E-state index contributed by atoms with van der Waals surface area (Å²) in [6.45, 7) is 3.71. The predicted molar refractivity (Wildman–Crippen MR) is 227 cm³/mol. The number of nitrogens with one attached hydrogen (secondary N) is 3. The first-order valence-electron chi connectivity index (χ1n) is 20.0. The fourth-order valence-electron chi connectivity index (χ4n) is 5.80. The van der Waals surface area contributed by atoms with Gasteiger partial charge in [0, 0.05) is 34.9 Å². The molecule has 57 heavy (non-hydrogen) atoms. The highest BCUT2D eigenvalue weighted by Gasteiger charge is 2.07. The van der Waals surface area contributed by atoms with Crippen molar-refractivity contribution in [2.75, 3.05) is 39.6 Å². The van der Waals surface area contributed by atoms with Crippen LogP contribution in [0.1, 0.15) is 93.7 Å². The third kappa shape index (κ3) is 17.6. The summed E-state index contributed by atoms with van der Waals surface area (Å²) in [6.07, 6.45) is 11.8. The zero-order valence-electron chi connectivity index (χ0n) is 33.1. The molecule has 0 amide bonds. The molecule has 0 heterocycles. The number of rotatable bonds is 30. The van der Waals surface area contributed by atoms with Gasteiger partial charge in [-0.3, -0.25) is 16.2 Å². The number of amidine groups is 3. The number of hydrogen-bond acceptors (Lipinski definition) is 9. The summed E-state index contributed by atoms with van der Waals surface area (Å²) < 4.78 is 36.0. The molecule has 0 saturated heterocycles. The fourth-order valence-corrected chi connectivity index (χ4v) is 5.80. The minimum Gasteiger partial charge on any atom is -0.494 e. The van der Waals surface area contributed by atoms with Crippen molar-refractivity contribution in [3.63, 3.8) is 0 Å². The first-order valence-corrected chi connectivity index (χ1v) is 20.0. The van der Waals surface area contributed by atoms with Crippen LogP contribution < -0.4 is 45.6 Å². The molecule has 0 aromatic heterocycles. The average Bonchev–Trinajstić information content (AvgIpc) is 3.21. The molecule has 0 saturated carbocycles. The second kappa shape index (κ2) is 25.3. The van der Waals surface area contributed by atoms with Crippen molar-refractivity contribution in [1.82, 2.24) is 0 Å². The van der Waals surface area contributed by atoms with Crippen LogP contribution in [0.5, 0.6) is 34.5 Å². The fraction of sp³-hybridized carbons (Fsp3) is 0.400. The molecule has 0 fully saturated rings. The summed E-state index contributed by atoms with van der Waals surface area (Å²) in [7, 11) is 0. The first kappa shape index (κ1) is 43.8. The monoisotopic (exact) mass is 780 g/mol. The molecule has 0 aliphatic heterocycles. The maximum absolute atomic E-state index is 7.50. The van der Waals surface area contributed by atoms with Gasteiger partial charge in [-0.1, -0.05) is 0 Å². The van der Waals surface area contributed by atoms with Gasteiger partial charge in [-0.25, -0.2) is 0 Å². The smallest absolute Gasteiger partial charge is 0.126 e. The molecule has 4 aromatic carbocycles. The van der Waals surface area contributed by atoms with E-state index >= 15 is 0 Å². The van der Waals surface area contributed by atoms with Crippen molar-refractivity contribution in [3.8, 4) is 34.5 Å². The zero-order valence-corrected chi connectivity index (χ0v) is 33.1. The van der Waals surface area contributed by atoms with Crippen molar-refractivity contribution in [1.29, 1.82) is 16.2 Å². The van der Waals surface area contributed by atoms with E-state index in [-0.39, 0.29) is 17.5 Å². The van der Waals surface area contributed by atoms with Crippen LogP contribution in [0.2, 0.25) is 0 Å². The summed E-state index contributed by atoms with van der Waals surface area (Å²) in [4.78, 5) is 0. The Bertz CT molecular complexity index is 1560. The Hall–Kier alpha value is -5.91. The Labute approximate surface area is 337 Å².